The maximum absolute atomic E-state index is 11.1. The number of rotatable bonds is 11. The minimum atomic E-state index is -0.657. The topological polar surface area (TPSA) is 43.4 Å². The molecule has 0 heterocycles. The third-order valence-corrected chi connectivity index (χ3v) is 2.87. The fourth-order valence-electron chi connectivity index (χ4n) is 1.78. The zero-order valence-electron chi connectivity index (χ0n) is 12.3. The van der Waals surface area contributed by atoms with Gasteiger partial charge in [0, 0.05) is 32.0 Å². The van der Waals surface area contributed by atoms with Crippen molar-refractivity contribution in [1.82, 2.24) is 0 Å². The Bertz CT molecular complexity index is 252. The second-order valence-electron chi connectivity index (χ2n) is 4.58. The van der Waals surface area contributed by atoms with E-state index in [4.69, 9.17) is 0 Å². The van der Waals surface area contributed by atoms with Crippen LogP contribution in [0.1, 0.15) is 71.1 Å². The second-order valence-corrected chi connectivity index (χ2v) is 4.58. The monoisotopic (exact) mass is 318 g/mol. The van der Waals surface area contributed by atoms with Crippen molar-refractivity contribution in [3.63, 3.8) is 0 Å². The minimum Gasteiger partial charge on any atom is -0.390 e. The van der Waals surface area contributed by atoms with Crippen molar-refractivity contribution in [2.75, 3.05) is 0 Å². The van der Waals surface area contributed by atoms with Gasteiger partial charge in [0.05, 0.1) is 0 Å². The molecule has 3 nitrogen and oxygen atoms in total. The van der Waals surface area contributed by atoms with Crippen molar-refractivity contribution in [2.45, 2.75) is 71.1 Å². The van der Waals surface area contributed by atoms with Crippen molar-refractivity contribution in [3.05, 3.63) is 12.7 Å². The average Bonchev–Trinajstić information content (AvgIpc) is 2.36. The first-order chi connectivity index (χ1) is 8.70. The number of hydrogen-bond donors (Lipinski definition) is 0. The van der Waals surface area contributed by atoms with Crippen LogP contribution in [0, 0.1) is 0 Å². The first-order valence-electron chi connectivity index (χ1n) is 7.07. The summed E-state index contributed by atoms with van der Waals surface area (Å²) in [5.74, 6) is -1.10. The van der Waals surface area contributed by atoms with E-state index in [-0.39, 0.29) is 19.5 Å². The number of ether oxygens (including phenoxy) is 1. The van der Waals surface area contributed by atoms with Crippen LogP contribution < -0.4 is 0 Å². The summed E-state index contributed by atoms with van der Waals surface area (Å²) in [4.78, 5) is 21.9. The Morgan fingerprint density at radius 2 is 1.42 bits per heavy atom. The van der Waals surface area contributed by atoms with Gasteiger partial charge in [0.2, 0.25) is 0 Å². The predicted octanol–water partition coefficient (Wildman–Crippen LogP) is 4.16. The van der Waals surface area contributed by atoms with E-state index in [0.717, 1.165) is 25.3 Å². The van der Waals surface area contributed by atoms with Crippen LogP contribution in [0.4, 0.5) is 0 Å². The van der Waals surface area contributed by atoms with Gasteiger partial charge in [0.15, 0.2) is 0 Å². The summed E-state index contributed by atoms with van der Waals surface area (Å²) in [5, 5.41) is 0. The summed E-state index contributed by atoms with van der Waals surface area (Å²) < 4.78 is 4.48. The van der Waals surface area contributed by atoms with Crippen LogP contribution in [0.15, 0.2) is 12.7 Å². The minimum absolute atomic E-state index is 0. The smallest absolute Gasteiger partial charge is 0.337 e. The van der Waals surface area contributed by atoms with E-state index < -0.39 is 11.9 Å². The first-order valence-corrected chi connectivity index (χ1v) is 7.07. The molecule has 0 saturated carbocycles. The van der Waals surface area contributed by atoms with Crippen molar-refractivity contribution in [1.29, 1.82) is 0 Å². The Kier molecular flexibility index (Phi) is 17.0. The molecular formula is C15H26O3Zn. The molecule has 0 atom stereocenters. The maximum atomic E-state index is 11.1. The number of carbonyl (C=O) groups excluding carboxylic acids is 2. The maximum Gasteiger partial charge on any atom is 0.337 e. The molecular weight excluding hydrogens is 294 g/mol. The molecule has 0 aliphatic rings. The van der Waals surface area contributed by atoms with Crippen molar-refractivity contribution < 1.29 is 33.8 Å². The van der Waals surface area contributed by atoms with Crippen molar-refractivity contribution in [3.8, 4) is 0 Å². The van der Waals surface area contributed by atoms with Gasteiger partial charge in [-0.1, -0.05) is 64.9 Å². The Hall–Kier alpha value is -0.497. The van der Waals surface area contributed by atoms with Gasteiger partial charge in [-0.3, -0.25) is 4.79 Å². The van der Waals surface area contributed by atoms with Gasteiger partial charge in [-0.2, -0.15) is 0 Å². The van der Waals surface area contributed by atoms with Gasteiger partial charge in [-0.05, 0) is 6.42 Å². The molecule has 0 N–H and O–H groups in total. The van der Waals surface area contributed by atoms with Crippen LogP contribution >= 0.6 is 0 Å². The van der Waals surface area contributed by atoms with E-state index in [2.05, 4.69) is 18.2 Å². The molecule has 0 unspecified atom stereocenters. The van der Waals surface area contributed by atoms with Crippen LogP contribution in [-0.2, 0) is 33.8 Å². The Morgan fingerprint density at radius 1 is 0.947 bits per heavy atom. The third-order valence-electron chi connectivity index (χ3n) is 2.87. The zero-order chi connectivity index (χ0) is 13.6. The van der Waals surface area contributed by atoms with Gasteiger partial charge < -0.3 is 4.74 Å². The summed E-state index contributed by atoms with van der Waals surface area (Å²) in [6.45, 7) is 5.46. The molecule has 0 aromatic carbocycles. The number of esters is 2. The third kappa shape index (κ3) is 15.4. The molecule has 0 bridgehead atoms. The van der Waals surface area contributed by atoms with E-state index in [9.17, 15) is 9.59 Å². The molecule has 0 radical (unpaired) electrons. The van der Waals surface area contributed by atoms with E-state index in [0.29, 0.717) is 6.42 Å². The van der Waals surface area contributed by atoms with Crippen LogP contribution in [0.25, 0.3) is 0 Å². The van der Waals surface area contributed by atoms with Gasteiger partial charge >= 0.3 is 11.9 Å². The molecule has 0 aliphatic heterocycles. The Labute approximate surface area is 129 Å². The largest absolute Gasteiger partial charge is 0.390 e. The molecule has 0 fully saturated rings. The molecule has 0 rings (SSSR count). The fraction of sp³-hybridized carbons (Fsp3) is 0.733. The van der Waals surface area contributed by atoms with E-state index >= 15 is 0 Å². The number of hydrogen-bond acceptors (Lipinski definition) is 3. The van der Waals surface area contributed by atoms with Crippen LogP contribution in [0.2, 0.25) is 0 Å². The fourth-order valence-corrected chi connectivity index (χ4v) is 1.78. The summed E-state index contributed by atoms with van der Waals surface area (Å²) in [7, 11) is 0. The molecule has 19 heavy (non-hydrogen) atoms. The number of carbonyl (C=O) groups is 2. The summed E-state index contributed by atoms with van der Waals surface area (Å²) in [6.07, 6.45) is 12.1. The van der Waals surface area contributed by atoms with Crippen LogP contribution in [0.3, 0.4) is 0 Å². The van der Waals surface area contributed by atoms with Crippen LogP contribution in [0.5, 0.6) is 0 Å². The first kappa shape index (κ1) is 20.8. The van der Waals surface area contributed by atoms with Gasteiger partial charge in [0.25, 0.3) is 0 Å². The number of unbranched alkanes of at least 4 members (excludes halogenated alkanes) is 8. The average molecular weight is 320 g/mol. The van der Waals surface area contributed by atoms with Gasteiger partial charge in [0.1, 0.15) is 0 Å². The quantitative estimate of drug-likeness (QED) is 0.189. The molecule has 0 aromatic rings. The predicted molar refractivity (Wildman–Crippen MR) is 73.1 cm³/mol. The van der Waals surface area contributed by atoms with Gasteiger partial charge in [-0.25, -0.2) is 4.79 Å². The molecule has 4 heteroatoms. The summed E-state index contributed by atoms with van der Waals surface area (Å²) in [5.41, 5.74) is 0. The molecule has 0 spiro atoms. The molecule has 0 amide bonds. The molecule has 0 aromatic heterocycles. The van der Waals surface area contributed by atoms with Crippen molar-refractivity contribution >= 4 is 11.9 Å². The summed E-state index contributed by atoms with van der Waals surface area (Å²) >= 11 is 0. The van der Waals surface area contributed by atoms with Gasteiger partial charge in [-0.15, -0.1) is 0 Å². The standard InChI is InChI=1S/C15H26O3.Zn/c1-3-5-6-7-8-9-10-11-12-13-15(17)18-14(16)4-2;/h4H,2-3,5-13H2,1H3;. The summed E-state index contributed by atoms with van der Waals surface area (Å²) in [6, 6.07) is 0. The normalized spacial score (nSPS) is 9.53. The van der Waals surface area contributed by atoms with E-state index in [1.807, 2.05) is 0 Å². The molecule has 0 aliphatic carbocycles. The Morgan fingerprint density at radius 3 is 1.89 bits per heavy atom. The zero-order valence-corrected chi connectivity index (χ0v) is 15.3. The van der Waals surface area contributed by atoms with Crippen LogP contribution in [-0.4, -0.2) is 11.9 Å². The second kappa shape index (κ2) is 15.6. The SMILES string of the molecule is C=CC(=O)OC(=O)CCCCCCCCCCC.[Zn]. The Balaban J connectivity index is 0. The van der Waals surface area contributed by atoms with Crippen molar-refractivity contribution in [2.24, 2.45) is 0 Å². The van der Waals surface area contributed by atoms with E-state index in [1.54, 1.807) is 0 Å². The molecule has 0 saturated heterocycles. The molecule has 106 valence electrons. The van der Waals surface area contributed by atoms with E-state index in [1.165, 1.54) is 38.5 Å².